The van der Waals surface area contributed by atoms with E-state index in [1.807, 2.05) is 0 Å². The highest BCUT2D eigenvalue weighted by Crippen LogP contribution is 2.21. The van der Waals surface area contributed by atoms with E-state index in [1.165, 1.54) is 13.1 Å². The Morgan fingerprint density at radius 2 is 1.85 bits per heavy atom. The van der Waals surface area contributed by atoms with Gasteiger partial charge < -0.3 is 9.69 Å². The van der Waals surface area contributed by atoms with Gasteiger partial charge in [0.2, 0.25) is 0 Å². The third kappa shape index (κ3) is 3.47. The number of ketones is 1. The fourth-order valence-corrected chi connectivity index (χ4v) is 1.98. The molecule has 0 aromatic rings. The van der Waals surface area contributed by atoms with Gasteiger partial charge in [-0.1, -0.05) is 13.8 Å². The Hall–Kier alpha value is -0.370. The quantitative estimate of drug-likeness (QED) is 0.664. The summed E-state index contributed by atoms with van der Waals surface area (Å²) in [4.78, 5) is 13.2. The smallest absolute Gasteiger partial charge is 0.129 e. The van der Waals surface area contributed by atoms with Crippen molar-refractivity contribution in [1.29, 1.82) is 0 Å². The molecule has 13 heavy (non-hydrogen) atoms. The Labute approximate surface area is 81.3 Å². The fourth-order valence-electron chi connectivity index (χ4n) is 1.98. The zero-order valence-electron chi connectivity index (χ0n) is 9.05. The highest BCUT2D eigenvalue weighted by atomic mass is 16.1. The zero-order valence-corrected chi connectivity index (χ0v) is 9.05. The summed E-state index contributed by atoms with van der Waals surface area (Å²) in [6.45, 7) is 9.85. The molecule has 0 spiro atoms. The van der Waals surface area contributed by atoms with E-state index in [-0.39, 0.29) is 0 Å². The van der Waals surface area contributed by atoms with Crippen molar-refractivity contribution < 1.29 is 4.79 Å². The van der Waals surface area contributed by atoms with Gasteiger partial charge in [0, 0.05) is 19.5 Å². The summed E-state index contributed by atoms with van der Waals surface area (Å²) in [5.41, 5.74) is 0. The lowest BCUT2D eigenvalue weighted by Crippen LogP contribution is -2.22. The lowest BCUT2D eigenvalue weighted by Gasteiger charge is -2.14. The van der Waals surface area contributed by atoms with E-state index in [0.29, 0.717) is 5.78 Å². The van der Waals surface area contributed by atoms with E-state index in [9.17, 15) is 4.79 Å². The molecule has 2 nitrogen and oxygen atoms in total. The first kappa shape index (κ1) is 10.7. The molecule has 0 saturated carbocycles. The molecule has 2 heteroatoms. The number of nitrogens with zero attached hydrogens (tertiary/aromatic N) is 1. The van der Waals surface area contributed by atoms with Crippen LogP contribution in [0.5, 0.6) is 0 Å². The summed E-state index contributed by atoms with van der Waals surface area (Å²) in [7, 11) is 0. The van der Waals surface area contributed by atoms with Gasteiger partial charge >= 0.3 is 0 Å². The van der Waals surface area contributed by atoms with Gasteiger partial charge in [-0.05, 0) is 31.7 Å². The number of carbonyl (C=O) groups is 1. The Kier molecular flexibility index (Phi) is 3.91. The van der Waals surface area contributed by atoms with E-state index < -0.39 is 0 Å². The van der Waals surface area contributed by atoms with Gasteiger partial charge in [0.15, 0.2) is 0 Å². The minimum atomic E-state index is 0.320. The van der Waals surface area contributed by atoms with Crippen molar-refractivity contribution in [1.82, 2.24) is 4.90 Å². The van der Waals surface area contributed by atoms with Gasteiger partial charge in [0.25, 0.3) is 0 Å². The van der Waals surface area contributed by atoms with Crippen LogP contribution in [0, 0.1) is 11.8 Å². The largest absolute Gasteiger partial charge is 0.303 e. The van der Waals surface area contributed by atoms with Crippen LogP contribution in [0.2, 0.25) is 0 Å². The van der Waals surface area contributed by atoms with E-state index in [4.69, 9.17) is 0 Å². The van der Waals surface area contributed by atoms with E-state index in [1.54, 1.807) is 6.92 Å². The van der Waals surface area contributed by atoms with Gasteiger partial charge in [-0.3, -0.25) is 0 Å². The molecule has 0 aliphatic carbocycles. The van der Waals surface area contributed by atoms with Gasteiger partial charge in [-0.2, -0.15) is 0 Å². The van der Waals surface area contributed by atoms with Crippen molar-refractivity contribution in [2.75, 3.05) is 19.6 Å². The lowest BCUT2D eigenvalue weighted by atomic mass is 10.0. The third-order valence-corrected chi connectivity index (χ3v) is 3.07. The molecule has 1 rings (SSSR count). The normalized spacial score (nSPS) is 29.5. The average Bonchev–Trinajstić information content (AvgIpc) is 2.30. The average molecular weight is 183 g/mol. The highest BCUT2D eigenvalue weighted by molar-refractivity contribution is 5.75. The first-order chi connectivity index (χ1) is 6.09. The number of hydrogen-bond donors (Lipinski definition) is 0. The van der Waals surface area contributed by atoms with Gasteiger partial charge in [0.05, 0.1) is 0 Å². The summed E-state index contributed by atoms with van der Waals surface area (Å²) in [5.74, 6) is 1.98. The van der Waals surface area contributed by atoms with E-state index in [2.05, 4.69) is 18.7 Å². The molecule has 1 aliphatic heterocycles. The summed E-state index contributed by atoms with van der Waals surface area (Å²) in [6, 6.07) is 0. The van der Waals surface area contributed by atoms with Crippen molar-refractivity contribution in [2.24, 2.45) is 11.8 Å². The monoisotopic (exact) mass is 183 g/mol. The van der Waals surface area contributed by atoms with Crippen molar-refractivity contribution in [3.8, 4) is 0 Å². The fraction of sp³-hybridized carbons (Fsp3) is 0.909. The maximum Gasteiger partial charge on any atom is 0.129 e. The SMILES string of the molecule is CC(=O)CCCN1CC(C)C(C)C1. The number of hydrogen-bond acceptors (Lipinski definition) is 2. The Bertz CT molecular complexity index is 169. The minimum Gasteiger partial charge on any atom is -0.303 e. The van der Waals surface area contributed by atoms with Crippen LogP contribution in [0.3, 0.4) is 0 Å². The van der Waals surface area contributed by atoms with Crippen LogP contribution in [-0.4, -0.2) is 30.3 Å². The van der Waals surface area contributed by atoms with Crippen LogP contribution < -0.4 is 0 Å². The molecule has 0 aromatic heterocycles. The summed E-state index contributed by atoms with van der Waals surface area (Å²) in [6.07, 6.45) is 1.79. The number of carbonyl (C=O) groups excluding carboxylic acids is 1. The van der Waals surface area contributed by atoms with Crippen LogP contribution >= 0.6 is 0 Å². The zero-order chi connectivity index (χ0) is 9.84. The minimum absolute atomic E-state index is 0.320. The topological polar surface area (TPSA) is 20.3 Å². The molecule has 1 saturated heterocycles. The number of Topliss-reactive ketones (excluding diaryl/α,β-unsaturated/α-hetero) is 1. The number of rotatable bonds is 4. The molecule has 2 unspecified atom stereocenters. The number of likely N-dealkylation sites (tertiary alicyclic amines) is 1. The third-order valence-electron chi connectivity index (χ3n) is 3.07. The molecule has 0 bridgehead atoms. The molecule has 1 fully saturated rings. The van der Waals surface area contributed by atoms with Crippen LogP contribution in [0.15, 0.2) is 0 Å². The standard InChI is InChI=1S/C11H21NO/c1-9-7-12(8-10(9)2)6-4-5-11(3)13/h9-10H,4-8H2,1-3H3. The first-order valence-corrected chi connectivity index (χ1v) is 5.31. The predicted molar refractivity (Wildman–Crippen MR) is 54.7 cm³/mol. The molecule has 0 radical (unpaired) electrons. The predicted octanol–water partition coefficient (Wildman–Crippen LogP) is 1.94. The summed E-state index contributed by atoms with van der Waals surface area (Å²) in [5, 5.41) is 0. The Balaban J connectivity index is 2.13. The highest BCUT2D eigenvalue weighted by Gasteiger charge is 2.25. The Morgan fingerprint density at radius 1 is 1.31 bits per heavy atom. The maximum atomic E-state index is 10.7. The summed E-state index contributed by atoms with van der Waals surface area (Å²) >= 11 is 0. The molecule has 1 heterocycles. The molecule has 0 N–H and O–H groups in total. The van der Waals surface area contributed by atoms with E-state index >= 15 is 0 Å². The molecule has 2 atom stereocenters. The van der Waals surface area contributed by atoms with E-state index in [0.717, 1.165) is 31.2 Å². The van der Waals surface area contributed by atoms with Crippen LogP contribution in [0.1, 0.15) is 33.6 Å². The van der Waals surface area contributed by atoms with Crippen molar-refractivity contribution in [2.45, 2.75) is 33.6 Å². The van der Waals surface area contributed by atoms with Crippen LogP contribution in [0.4, 0.5) is 0 Å². The first-order valence-electron chi connectivity index (χ1n) is 5.31. The van der Waals surface area contributed by atoms with Crippen LogP contribution in [0.25, 0.3) is 0 Å². The molecular weight excluding hydrogens is 162 g/mol. The lowest BCUT2D eigenvalue weighted by molar-refractivity contribution is -0.117. The van der Waals surface area contributed by atoms with Crippen LogP contribution in [-0.2, 0) is 4.79 Å². The summed E-state index contributed by atoms with van der Waals surface area (Å²) < 4.78 is 0. The molecule has 0 amide bonds. The van der Waals surface area contributed by atoms with Gasteiger partial charge in [0.1, 0.15) is 5.78 Å². The molecular formula is C11H21NO. The molecule has 0 aromatic carbocycles. The maximum absolute atomic E-state index is 10.7. The Morgan fingerprint density at radius 3 is 2.31 bits per heavy atom. The van der Waals surface area contributed by atoms with Crippen molar-refractivity contribution in [3.63, 3.8) is 0 Å². The van der Waals surface area contributed by atoms with Crippen molar-refractivity contribution in [3.05, 3.63) is 0 Å². The second kappa shape index (κ2) is 4.75. The molecule has 1 aliphatic rings. The second-order valence-electron chi connectivity index (χ2n) is 4.52. The van der Waals surface area contributed by atoms with Gasteiger partial charge in [-0.25, -0.2) is 0 Å². The second-order valence-corrected chi connectivity index (χ2v) is 4.52. The van der Waals surface area contributed by atoms with Crippen molar-refractivity contribution >= 4 is 5.78 Å². The van der Waals surface area contributed by atoms with Gasteiger partial charge in [-0.15, -0.1) is 0 Å². The molecule has 76 valence electrons.